The van der Waals surface area contributed by atoms with Crippen LogP contribution in [0.3, 0.4) is 0 Å². The molecule has 0 atom stereocenters. The van der Waals surface area contributed by atoms with E-state index in [1.165, 1.54) is 10.4 Å². The molecule has 0 amide bonds. The highest BCUT2D eigenvalue weighted by atomic mass is 32.2. The third-order valence-electron chi connectivity index (χ3n) is 3.76. The highest BCUT2D eigenvalue weighted by Gasteiger charge is 2.26. The molecule has 3 rings (SSSR count). The Bertz CT molecular complexity index is 675. The van der Waals surface area contributed by atoms with Crippen LogP contribution in [0, 0.1) is 0 Å². The lowest BCUT2D eigenvalue weighted by Gasteiger charge is -2.28. The molecular weight excluding hydrogens is 320 g/mol. The smallest absolute Gasteiger partial charge is 0.174 e. The average molecular weight is 339 g/mol. The normalized spacial score (nSPS) is 14.3. The van der Waals surface area contributed by atoms with Crippen molar-refractivity contribution < 1.29 is 4.79 Å². The molecule has 0 aliphatic carbocycles. The van der Waals surface area contributed by atoms with E-state index in [0.29, 0.717) is 12.1 Å². The lowest BCUT2D eigenvalue weighted by Crippen LogP contribution is -2.29. The molecule has 3 heterocycles. The summed E-state index contributed by atoms with van der Waals surface area (Å²) >= 11 is 5.05. The van der Waals surface area contributed by atoms with E-state index in [9.17, 15) is 4.79 Å². The van der Waals surface area contributed by atoms with E-state index in [1.54, 1.807) is 23.1 Å². The SMILES string of the molecule is CCC(=O)c1sc(N2CCc3sccc3C2)c(SC)c1N. The first kappa shape index (κ1) is 14.9. The highest BCUT2D eigenvalue weighted by molar-refractivity contribution is 7.99. The van der Waals surface area contributed by atoms with Crippen molar-refractivity contribution in [2.45, 2.75) is 31.2 Å². The van der Waals surface area contributed by atoms with Crippen LogP contribution >= 0.6 is 34.4 Å². The molecule has 0 aromatic carbocycles. The molecule has 3 nitrogen and oxygen atoms in total. The molecule has 21 heavy (non-hydrogen) atoms. The fourth-order valence-corrected chi connectivity index (χ4v) is 5.72. The summed E-state index contributed by atoms with van der Waals surface area (Å²) in [5, 5.41) is 3.33. The van der Waals surface area contributed by atoms with Crippen molar-refractivity contribution in [3.8, 4) is 0 Å². The van der Waals surface area contributed by atoms with Crippen LogP contribution in [0.5, 0.6) is 0 Å². The Kier molecular flexibility index (Phi) is 4.28. The molecule has 6 heteroatoms. The lowest BCUT2D eigenvalue weighted by atomic mass is 10.1. The molecular formula is C15H18N2OS3. The Hall–Kier alpha value is -0.980. The predicted molar refractivity (Wildman–Crippen MR) is 94.2 cm³/mol. The van der Waals surface area contributed by atoms with Gasteiger partial charge in [0.2, 0.25) is 0 Å². The average Bonchev–Trinajstić information content (AvgIpc) is 3.09. The van der Waals surface area contributed by atoms with Crippen LogP contribution < -0.4 is 10.6 Å². The largest absolute Gasteiger partial charge is 0.396 e. The molecule has 0 fully saturated rings. The van der Waals surface area contributed by atoms with Crippen molar-refractivity contribution in [2.75, 3.05) is 23.4 Å². The lowest BCUT2D eigenvalue weighted by molar-refractivity contribution is 0.0992. The van der Waals surface area contributed by atoms with Gasteiger partial charge in [-0.1, -0.05) is 6.92 Å². The minimum Gasteiger partial charge on any atom is -0.396 e. The maximum Gasteiger partial charge on any atom is 0.174 e. The van der Waals surface area contributed by atoms with Gasteiger partial charge in [0.1, 0.15) is 5.00 Å². The second kappa shape index (κ2) is 6.02. The molecule has 1 aliphatic heterocycles. The summed E-state index contributed by atoms with van der Waals surface area (Å²) in [7, 11) is 0. The van der Waals surface area contributed by atoms with Crippen LogP contribution in [0.25, 0.3) is 0 Å². The minimum absolute atomic E-state index is 0.146. The molecule has 2 aromatic heterocycles. The minimum atomic E-state index is 0.146. The van der Waals surface area contributed by atoms with Crippen LogP contribution in [0.15, 0.2) is 16.3 Å². The number of nitrogens with two attached hydrogens (primary N) is 1. The Morgan fingerprint density at radius 3 is 3.05 bits per heavy atom. The van der Waals surface area contributed by atoms with Crippen molar-refractivity contribution in [1.29, 1.82) is 0 Å². The Morgan fingerprint density at radius 1 is 1.52 bits per heavy atom. The quantitative estimate of drug-likeness (QED) is 0.668. The molecule has 2 aromatic rings. The molecule has 0 radical (unpaired) electrons. The van der Waals surface area contributed by atoms with Gasteiger partial charge in [0.05, 0.1) is 15.5 Å². The van der Waals surface area contributed by atoms with Crippen molar-refractivity contribution in [1.82, 2.24) is 0 Å². The van der Waals surface area contributed by atoms with Gasteiger partial charge in [-0.05, 0) is 29.7 Å². The monoisotopic (exact) mass is 338 g/mol. The van der Waals surface area contributed by atoms with Crippen LogP contribution in [0.4, 0.5) is 10.7 Å². The summed E-state index contributed by atoms with van der Waals surface area (Å²) < 4.78 is 0. The van der Waals surface area contributed by atoms with E-state index in [-0.39, 0.29) is 5.78 Å². The van der Waals surface area contributed by atoms with Crippen molar-refractivity contribution in [3.63, 3.8) is 0 Å². The third-order valence-corrected chi connectivity index (χ3v) is 7.04. The number of anilines is 2. The van der Waals surface area contributed by atoms with Gasteiger partial charge in [-0.2, -0.15) is 0 Å². The zero-order chi connectivity index (χ0) is 15.0. The van der Waals surface area contributed by atoms with Crippen LogP contribution in [0.2, 0.25) is 0 Å². The van der Waals surface area contributed by atoms with Crippen molar-refractivity contribution >= 4 is 50.9 Å². The Morgan fingerprint density at radius 2 is 2.33 bits per heavy atom. The number of rotatable bonds is 4. The first-order chi connectivity index (χ1) is 10.2. The molecule has 1 aliphatic rings. The van der Waals surface area contributed by atoms with E-state index in [4.69, 9.17) is 5.73 Å². The maximum absolute atomic E-state index is 12.1. The van der Waals surface area contributed by atoms with Gasteiger partial charge in [0, 0.05) is 24.4 Å². The van der Waals surface area contributed by atoms with Crippen molar-refractivity contribution in [2.24, 2.45) is 0 Å². The first-order valence-electron chi connectivity index (χ1n) is 6.95. The number of Topliss-reactive ketones (excluding diaryl/α,β-unsaturated/α-hetero) is 1. The van der Waals surface area contributed by atoms with Gasteiger partial charge in [-0.25, -0.2) is 0 Å². The molecule has 2 N–H and O–H groups in total. The summed E-state index contributed by atoms with van der Waals surface area (Å²) in [5.41, 5.74) is 8.30. The summed E-state index contributed by atoms with van der Waals surface area (Å²) in [6, 6.07) is 2.21. The van der Waals surface area contributed by atoms with E-state index in [2.05, 4.69) is 16.3 Å². The molecule has 112 valence electrons. The number of nitrogens with zero attached hydrogens (tertiary/aromatic N) is 1. The molecule has 0 saturated heterocycles. The number of hydrogen-bond acceptors (Lipinski definition) is 6. The zero-order valence-corrected chi connectivity index (χ0v) is 14.6. The van der Waals surface area contributed by atoms with Crippen LogP contribution in [0.1, 0.15) is 33.5 Å². The topological polar surface area (TPSA) is 46.3 Å². The van der Waals surface area contributed by atoms with Gasteiger partial charge < -0.3 is 10.6 Å². The van der Waals surface area contributed by atoms with Gasteiger partial charge in [-0.15, -0.1) is 34.4 Å². The number of nitrogen functional groups attached to an aromatic ring is 1. The van der Waals surface area contributed by atoms with E-state index < -0.39 is 0 Å². The summed E-state index contributed by atoms with van der Waals surface area (Å²) in [6.45, 7) is 3.81. The van der Waals surface area contributed by atoms with Gasteiger partial charge >= 0.3 is 0 Å². The number of thiophene rings is 2. The second-order valence-corrected chi connectivity index (χ2v) is 7.82. The van der Waals surface area contributed by atoms with Crippen LogP contribution in [-0.2, 0) is 13.0 Å². The number of ketones is 1. The summed E-state index contributed by atoms with van der Waals surface area (Å²) in [5.74, 6) is 0.146. The fraction of sp³-hybridized carbons (Fsp3) is 0.400. The molecule has 0 spiro atoms. The van der Waals surface area contributed by atoms with Gasteiger partial charge in [0.15, 0.2) is 5.78 Å². The molecule has 0 saturated carbocycles. The Labute approximate surface area is 137 Å². The summed E-state index contributed by atoms with van der Waals surface area (Å²) in [6.07, 6.45) is 3.62. The number of thioether (sulfide) groups is 1. The number of carbonyl (C=O) groups excluding carboxylic acids is 1. The zero-order valence-electron chi connectivity index (χ0n) is 12.1. The fourth-order valence-electron chi connectivity index (χ4n) is 2.61. The van der Waals surface area contributed by atoms with Gasteiger partial charge in [-0.3, -0.25) is 4.79 Å². The Balaban J connectivity index is 1.97. The molecule has 0 bridgehead atoms. The first-order valence-corrected chi connectivity index (χ1v) is 9.87. The third kappa shape index (κ3) is 2.60. The second-order valence-electron chi connectivity index (χ2n) is 5.00. The van der Waals surface area contributed by atoms with Crippen molar-refractivity contribution in [3.05, 3.63) is 26.8 Å². The van der Waals surface area contributed by atoms with Crippen LogP contribution in [-0.4, -0.2) is 18.6 Å². The predicted octanol–water partition coefficient (Wildman–Crippen LogP) is 4.27. The number of fused-ring (bicyclic) bond motifs is 1. The standard InChI is InChI=1S/C15H18N2OS3/c1-3-10(18)13-12(16)14(19-2)15(21-13)17-6-4-11-9(8-17)5-7-20-11/h5,7H,3-4,6,8,16H2,1-2H3. The van der Waals surface area contributed by atoms with E-state index in [1.807, 2.05) is 24.5 Å². The number of carbonyl (C=O) groups is 1. The highest BCUT2D eigenvalue weighted by Crippen LogP contribution is 2.45. The van der Waals surface area contributed by atoms with E-state index in [0.717, 1.165) is 34.3 Å². The maximum atomic E-state index is 12.1. The van der Waals surface area contributed by atoms with Gasteiger partial charge in [0.25, 0.3) is 0 Å². The number of hydrogen-bond donors (Lipinski definition) is 1. The summed E-state index contributed by atoms with van der Waals surface area (Å²) in [4.78, 5) is 17.7. The molecule has 0 unspecified atom stereocenters. The van der Waals surface area contributed by atoms with E-state index >= 15 is 0 Å².